The molecule has 2 heterocycles. The maximum atomic E-state index is 5.43. The molecule has 0 amide bonds. The molecule has 4 rings (SSSR count). The van der Waals surface area contributed by atoms with Gasteiger partial charge in [0, 0.05) is 10.9 Å². The van der Waals surface area contributed by atoms with Crippen LogP contribution in [0.4, 0.5) is 0 Å². The maximum Gasteiger partial charge on any atom is 0.264 e. The van der Waals surface area contributed by atoms with Crippen molar-refractivity contribution in [3.8, 4) is 11.6 Å². The van der Waals surface area contributed by atoms with Gasteiger partial charge in [0.2, 0.25) is 6.39 Å². The van der Waals surface area contributed by atoms with Gasteiger partial charge in [-0.3, -0.25) is 0 Å². The average Bonchev–Trinajstić information content (AvgIpc) is 3.22. The average molecular weight is 289 g/mol. The van der Waals surface area contributed by atoms with Crippen molar-refractivity contribution in [2.45, 2.75) is 13.0 Å². The number of aromatic nitrogens is 3. The lowest BCUT2D eigenvalue weighted by Gasteiger charge is -2.18. The number of nitrogens with zero attached hydrogens (tertiary/aromatic N) is 3. The van der Waals surface area contributed by atoms with E-state index in [1.807, 2.05) is 18.2 Å². The van der Waals surface area contributed by atoms with Crippen molar-refractivity contribution < 1.29 is 4.42 Å². The van der Waals surface area contributed by atoms with E-state index in [0.29, 0.717) is 5.89 Å². The molecule has 0 aliphatic rings. The molecule has 108 valence electrons. The van der Waals surface area contributed by atoms with E-state index < -0.39 is 0 Å². The van der Waals surface area contributed by atoms with Gasteiger partial charge in [-0.1, -0.05) is 48.5 Å². The number of rotatable bonds is 3. The van der Waals surface area contributed by atoms with Crippen LogP contribution >= 0.6 is 0 Å². The van der Waals surface area contributed by atoms with E-state index in [2.05, 4.69) is 64.2 Å². The summed E-state index contributed by atoms with van der Waals surface area (Å²) in [6.45, 7) is 2.18. The molecule has 0 bridgehead atoms. The zero-order valence-electron chi connectivity index (χ0n) is 12.2. The van der Waals surface area contributed by atoms with E-state index in [9.17, 15) is 0 Å². The Labute approximate surface area is 128 Å². The summed E-state index contributed by atoms with van der Waals surface area (Å²) in [6, 6.07) is 21.0. The first-order chi connectivity index (χ1) is 10.8. The van der Waals surface area contributed by atoms with Gasteiger partial charge in [-0.15, -0.1) is 10.2 Å². The Morgan fingerprint density at radius 3 is 2.55 bits per heavy atom. The van der Waals surface area contributed by atoms with Crippen molar-refractivity contribution in [3.63, 3.8) is 0 Å². The Morgan fingerprint density at radius 1 is 1.00 bits per heavy atom. The van der Waals surface area contributed by atoms with E-state index >= 15 is 0 Å². The zero-order chi connectivity index (χ0) is 14.9. The van der Waals surface area contributed by atoms with Gasteiger partial charge in [0.15, 0.2) is 0 Å². The molecule has 0 aliphatic carbocycles. The van der Waals surface area contributed by atoms with E-state index in [0.717, 1.165) is 11.2 Å². The number of hydrogen-bond donors (Lipinski definition) is 0. The van der Waals surface area contributed by atoms with Crippen molar-refractivity contribution in [1.82, 2.24) is 14.8 Å². The summed E-state index contributed by atoms with van der Waals surface area (Å²) in [5, 5.41) is 9.06. The van der Waals surface area contributed by atoms with Crippen LogP contribution in [-0.4, -0.2) is 14.8 Å². The van der Waals surface area contributed by atoms with Gasteiger partial charge < -0.3 is 8.98 Å². The molecular weight excluding hydrogens is 274 g/mol. The molecule has 0 fully saturated rings. The monoisotopic (exact) mass is 289 g/mol. The van der Waals surface area contributed by atoms with Gasteiger partial charge in [-0.05, 0) is 24.6 Å². The highest BCUT2D eigenvalue weighted by molar-refractivity contribution is 5.86. The number of fused-ring (bicyclic) bond motifs is 1. The minimum atomic E-state index is 0.169. The third kappa shape index (κ3) is 2.00. The lowest BCUT2D eigenvalue weighted by molar-refractivity contribution is 0.555. The number of hydrogen-bond acceptors (Lipinski definition) is 3. The Hall–Kier alpha value is -2.88. The van der Waals surface area contributed by atoms with Crippen LogP contribution in [0.5, 0.6) is 0 Å². The summed E-state index contributed by atoms with van der Waals surface area (Å²) < 4.78 is 7.68. The Kier molecular flexibility index (Phi) is 3.00. The number of benzene rings is 2. The first-order valence-electron chi connectivity index (χ1n) is 7.26. The van der Waals surface area contributed by atoms with Crippen LogP contribution in [0.1, 0.15) is 18.5 Å². The van der Waals surface area contributed by atoms with Crippen LogP contribution in [0, 0.1) is 0 Å². The topological polar surface area (TPSA) is 43.9 Å². The predicted molar refractivity (Wildman–Crippen MR) is 85.5 cm³/mol. The van der Waals surface area contributed by atoms with Crippen LogP contribution in [0.25, 0.3) is 22.5 Å². The summed E-state index contributed by atoms with van der Waals surface area (Å²) in [5.41, 5.74) is 3.34. The summed E-state index contributed by atoms with van der Waals surface area (Å²) >= 11 is 0. The maximum absolute atomic E-state index is 5.43. The molecule has 0 N–H and O–H groups in total. The fourth-order valence-corrected chi connectivity index (χ4v) is 2.92. The third-order valence-electron chi connectivity index (χ3n) is 4.00. The van der Waals surface area contributed by atoms with Gasteiger partial charge in [-0.2, -0.15) is 0 Å². The molecule has 2 aromatic heterocycles. The second-order valence-corrected chi connectivity index (χ2v) is 5.29. The third-order valence-corrected chi connectivity index (χ3v) is 4.00. The molecule has 1 atom stereocenters. The molecule has 4 aromatic rings. The van der Waals surface area contributed by atoms with Crippen molar-refractivity contribution >= 4 is 10.9 Å². The second kappa shape index (κ2) is 5.15. The van der Waals surface area contributed by atoms with Crippen molar-refractivity contribution in [1.29, 1.82) is 0 Å². The highest BCUT2D eigenvalue weighted by atomic mass is 16.4. The summed E-state index contributed by atoms with van der Waals surface area (Å²) in [4.78, 5) is 0. The van der Waals surface area contributed by atoms with Crippen LogP contribution in [0.3, 0.4) is 0 Å². The standard InChI is InChI=1S/C18H15N3O/c1-13(14-7-3-2-4-8-14)21-16-10-6-5-9-15(16)11-17(21)18-20-19-12-22-18/h2-13H,1H3. The Balaban J connectivity index is 1.97. The Bertz CT molecular complexity index is 895. The van der Waals surface area contributed by atoms with Crippen molar-refractivity contribution in [2.24, 2.45) is 0 Å². The van der Waals surface area contributed by atoms with Crippen molar-refractivity contribution in [3.05, 3.63) is 72.6 Å². The first-order valence-corrected chi connectivity index (χ1v) is 7.26. The first kappa shape index (κ1) is 12.8. The van der Waals surface area contributed by atoms with E-state index in [1.165, 1.54) is 17.3 Å². The fourth-order valence-electron chi connectivity index (χ4n) is 2.92. The van der Waals surface area contributed by atoms with Crippen LogP contribution in [0.2, 0.25) is 0 Å². The fraction of sp³-hybridized carbons (Fsp3) is 0.111. The molecule has 4 nitrogen and oxygen atoms in total. The molecule has 0 aliphatic heterocycles. The van der Waals surface area contributed by atoms with Crippen molar-refractivity contribution in [2.75, 3.05) is 0 Å². The van der Waals surface area contributed by atoms with Gasteiger partial charge in [0.05, 0.1) is 6.04 Å². The van der Waals surface area contributed by atoms with E-state index in [1.54, 1.807) is 0 Å². The highest BCUT2D eigenvalue weighted by Gasteiger charge is 2.19. The van der Waals surface area contributed by atoms with Crippen LogP contribution < -0.4 is 0 Å². The molecule has 0 saturated carbocycles. The van der Waals surface area contributed by atoms with Crippen LogP contribution in [-0.2, 0) is 0 Å². The molecule has 4 heteroatoms. The van der Waals surface area contributed by atoms with Gasteiger partial charge >= 0.3 is 0 Å². The lowest BCUT2D eigenvalue weighted by Crippen LogP contribution is -2.08. The predicted octanol–water partition coefficient (Wildman–Crippen LogP) is 4.30. The van der Waals surface area contributed by atoms with Gasteiger partial charge in [-0.25, -0.2) is 0 Å². The van der Waals surface area contributed by atoms with E-state index in [4.69, 9.17) is 4.42 Å². The molecule has 0 saturated heterocycles. The molecule has 1 unspecified atom stereocenters. The van der Waals surface area contributed by atoms with Crippen LogP contribution in [0.15, 0.2) is 71.5 Å². The molecule has 0 spiro atoms. The smallest absolute Gasteiger partial charge is 0.264 e. The molecule has 2 aromatic carbocycles. The SMILES string of the molecule is CC(c1ccccc1)n1c(-c2nnco2)cc2ccccc21. The van der Waals surface area contributed by atoms with E-state index in [-0.39, 0.29) is 6.04 Å². The summed E-state index contributed by atoms with van der Waals surface area (Å²) in [5.74, 6) is 0.541. The quantitative estimate of drug-likeness (QED) is 0.564. The lowest BCUT2D eigenvalue weighted by atomic mass is 10.1. The summed E-state index contributed by atoms with van der Waals surface area (Å²) in [6.07, 6.45) is 1.37. The molecular formula is C18H15N3O. The molecule has 22 heavy (non-hydrogen) atoms. The summed E-state index contributed by atoms with van der Waals surface area (Å²) in [7, 11) is 0. The second-order valence-electron chi connectivity index (χ2n) is 5.29. The highest BCUT2D eigenvalue weighted by Crippen LogP contribution is 2.32. The van der Waals surface area contributed by atoms with Gasteiger partial charge in [0.1, 0.15) is 5.69 Å². The minimum Gasteiger partial charge on any atom is -0.422 e. The zero-order valence-corrected chi connectivity index (χ0v) is 12.2. The van der Waals surface area contributed by atoms with Gasteiger partial charge in [0.25, 0.3) is 5.89 Å². The largest absolute Gasteiger partial charge is 0.422 e. The number of para-hydroxylation sites is 1. The Morgan fingerprint density at radius 2 is 1.77 bits per heavy atom. The molecule has 0 radical (unpaired) electrons. The normalized spacial score (nSPS) is 12.6. The minimum absolute atomic E-state index is 0.169.